The summed E-state index contributed by atoms with van der Waals surface area (Å²) in [4.78, 5) is 30.4. The van der Waals surface area contributed by atoms with Crippen LogP contribution in [0.15, 0.2) is 18.2 Å². The molecule has 2 saturated heterocycles. The van der Waals surface area contributed by atoms with E-state index in [-0.39, 0.29) is 29.8 Å². The number of rotatable bonds is 2. The molecule has 166 valence electrons. The number of amides is 2. The quantitative estimate of drug-likeness (QED) is 0.681. The average molecular weight is 428 g/mol. The first-order valence-corrected chi connectivity index (χ1v) is 11.1. The van der Waals surface area contributed by atoms with Gasteiger partial charge in [0, 0.05) is 43.7 Å². The van der Waals surface area contributed by atoms with Crippen LogP contribution in [0.2, 0.25) is 0 Å². The molecule has 0 aromatic heterocycles. The first-order valence-electron chi connectivity index (χ1n) is 11.1. The molecule has 0 aliphatic carbocycles. The molecule has 0 N–H and O–H groups in total. The Morgan fingerprint density at radius 2 is 1.90 bits per heavy atom. The molecule has 0 saturated carbocycles. The molecule has 1 aromatic rings. The molecule has 0 radical (unpaired) electrons. The van der Waals surface area contributed by atoms with Crippen LogP contribution in [0.1, 0.15) is 45.1 Å². The van der Waals surface area contributed by atoms with Crippen LogP contribution in [-0.2, 0) is 14.9 Å². The van der Waals surface area contributed by atoms with E-state index in [0.29, 0.717) is 25.7 Å². The van der Waals surface area contributed by atoms with E-state index in [2.05, 4.69) is 16.7 Å². The predicted molar refractivity (Wildman–Crippen MR) is 116 cm³/mol. The summed E-state index contributed by atoms with van der Waals surface area (Å²) < 4.78 is 19.2. The Kier molecular flexibility index (Phi) is 6.19. The number of halogens is 1. The molecule has 3 aliphatic rings. The number of carbonyl (C=O) groups excluding carboxylic acids is 2. The van der Waals surface area contributed by atoms with Crippen molar-refractivity contribution in [3.63, 3.8) is 0 Å². The Hall–Kier alpha value is -2.59. The molecule has 0 bridgehead atoms. The molecule has 2 fully saturated rings. The van der Waals surface area contributed by atoms with E-state index in [0.717, 1.165) is 50.0 Å². The molecule has 7 heteroatoms. The van der Waals surface area contributed by atoms with E-state index in [1.54, 1.807) is 35.8 Å². The summed E-state index contributed by atoms with van der Waals surface area (Å²) in [5.41, 5.74) is 1.68. The molecule has 3 aliphatic heterocycles. The van der Waals surface area contributed by atoms with Crippen LogP contribution in [0.25, 0.3) is 0 Å². The lowest BCUT2D eigenvalue weighted by Crippen LogP contribution is -2.52. The van der Waals surface area contributed by atoms with Crippen LogP contribution in [0, 0.1) is 17.7 Å². The predicted octanol–water partition coefficient (Wildman–Crippen LogP) is 3.15. The number of benzene rings is 1. The van der Waals surface area contributed by atoms with Crippen molar-refractivity contribution in [3.8, 4) is 11.8 Å². The first-order chi connectivity index (χ1) is 14.9. The Labute approximate surface area is 183 Å². The zero-order chi connectivity index (χ0) is 22.0. The van der Waals surface area contributed by atoms with Crippen LogP contribution in [0.4, 0.5) is 14.9 Å². The van der Waals surface area contributed by atoms with Gasteiger partial charge in [-0.25, -0.2) is 9.18 Å². The minimum atomic E-state index is -0.285. The van der Waals surface area contributed by atoms with Crippen LogP contribution in [0.3, 0.4) is 0 Å². The van der Waals surface area contributed by atoms with Crippen LogP contribution in [-0.4, -0.2) is 67.2 Å². The van der Waals surface area contributed by atoms with Gasteiger partial charge < -0.3 is 19.4 Å². The minimum absolute atomic E-state index is 0.0105. The van der Waals surface area contributed by atoms with E-state index in [1.165, 1.54) is 6.07 Å². The van der Waals surface area contributed by atoms with Crippen molar-refractivity contribution in [1.82, 2.24) is 9.80 Å². The maximum Gasteiger partial charge on any atom is 0.410 e. The highest BCUT2D eigenvalue weighted by atomic mass is 19.1. The Morgan fingerprint density at radius 1 is 1.19 bits per heavy atom. The number of fused-ring (bicyclic) bond motifs is 2. The van der Waals surface area contributed by atoms with E-state index < -0.39 is 0 Å². The second-order valence-electron chi connectivity index (χ2n) is 8.78. The number of anilines is 1. The SMILES string of the molecule is CC#CCOC(=O)N1CCC(N2CCC3(CC2)CN(C(C)=O)c2ccc(F)cc23)CC1. The zero-order valence-electron chi connectivity index (χ0n) is 18.3. The lowest BCUT2D eigenvalue weighted by Gasteiger charge is -2.45. The topological polar surface area (TPSA) is 53.1 Å². The van der Waals surface area contributed by atoms with Gasteiger partial charge >= 0.3 is 6.09 Å². The van der Waals surface area contributed by atoms with Gasteiger partial charge in [0.2, 0.25) is 5.91 Å². The summed E-state index contributed by atoms with van der Waals surface area (Å²) in [5, 5.41) is 0. The van der Waals surface area contributed by atoms with Gasteiger partial charge in [-0.15, -0.1) is 5.92 Å². The lowest BCUT2D eigenvalue weighted by atomic mass is 9.74. The van der Waals surface area contributed by atoms with Gasteiger partial charge in [0.15, 0.2) is 6.61 Å². The fourth-order valence-corrected chi connectivity index (χ4v) is 5.34. The van der Waals surface area contributed by atoms with E-state index in [9.17, 15) is 14.0 Å². The molecular formula is C24H30FN3O3. The first kappa shape index (κ1) is 21.6. The van der Waals surface area contributed by atoms with E-state index in [1.807, 2.05) is 0 Å². The molecule has 2 amide bonds. The van der Waals surface area contributed by atoms with Crippen LogP contribution in [0.5, 0.6) is 0 Å². The van der Waals surface area contributed by atoms with Gasteiger partial charge in [0.1, 0.15) is 5.82 Å². The summed E-state index contributed by atoms with van der Waals surface area (Å²) in [6.45, 7) is 7.30. The standard InChI is InChI=1S/C24H30FN3O3/c1-3-4-15-31-23(30)27-11-7-20(8-12-27)26-13-9-24(10-14-26)17-28(18(2)29)22-6-5-19(25)16-21(22)24/h5-6,16,20H,7-15,17H2,1-2H3. The third-order valence-electron chi connectivity index (χ3n) is 7.10. The molecule has 4 rings (SSSR count). The second kappa shape index (κ2) is 8.88. The number of nitrogens with zero attached hydrogens (tertiary/aromatic N) is 3. The highest BCUT2D eigenvalue weighted by Gasteiger charge is 2.46. The average Bonchev–Trinajstić information content (AvgIpc) is 3.08. The molecule has 0 atom stereocenters. The monoisotopic (exact) mass is 427 g/mol. The largest absolute Gasteiger partial charge is 0.436 e. The fourth-order valence-electron chi connectivity index (χ4n) is 5.34. The van der Waals surface area contributed by atoms with Crippen LogP contribution >= 0.6 is 0 Å². The number of likely N-dealkylation sites (tertiary alicyclic amines) is 2. The summed E-state index contributed by atoms with van der Waals surface area (Å²) in [5.74, 6) is 5.24. The minimum Gasteiger partial charge on any atom is -0.436 e. The lowest BCUT2D eigenvalue weighted by molar-refractivity contribution is -0.116. The van der Waals surface area contributed by atoms with Gasteiger partial charge in [-0.1, -0.05) is 5.92 Å². The van der Waals surface area contributed by atoms with Gasteiger partial charge in [-0.3, -0.25) is 4.79 Å². The van der Waals surface area contributed by atoms with Gasteiger partial charge in [0.25, 0.3) is 0 Å². The maximum absolute atomic E-state index is 14.0. The van der Waals surface area contributed by atoms with E-state index >= 15 is 0 Å². The highest BCUT2D eigenvalue weighted by molar-refractivity contribution is 5.94. The molecule has 3 heterocycles. The number of piperidine rings is 2. The van der Waals surface area contributed by atoms with Crippen molar-refractivity contribution >= 4 is 17.7 Å². The smallest absolute Gasteiger partial charge is 0.410 e. The summed E-state index contributed by atoms with van der Waals surface area (Å²) in [6.07, 6.45) is 3.38. The Morgan fingerprint density at radius 3 is 2.55 bits per heavy atom. The van der Waals surface area contributed by atoms with Gasteiger partial charge in [-0.2, -0.15) is 0 Å². The van der Waals surface area contributed by atoms with Crippen molar-refractivity contribution in [2.75, 3.05) is 44.2 Å². The molecule has 31 heavy (non-hydrogen) atoms. The number of ether oxygens (including phenoxy) is 1. The molecule has 6 nitrogen and oxygen atoms in total. The Bertz CT molecular complexity index is 906. The van der Waals surface area contributed by atoms with Crippen molar-refractivity contribution in [3.05, 3.63) is 29.6 Å². The highest BCUT2D eigenvalue weighted by Crippen LogP contribution is 2.47. The number of hydrogen-bond donors (Lipinski definition) is 0. The normalized spacial score (nSPS) is 20.9. The number of carbonyl (C=O) groups is 2. The third-order valence-corrected chi connectivity index (χ3v) is 7.10. The van der Waals surface area contributed by atoms with Crippen LogP contribution < -0.4 is 4.90 Å². The second-order valence-corrected chi connectivity index (χ2v) is 8.78. The van der Waals surface area contributed by atoms with Crippen molar-refractivity contribution in [2.24, 2.45) is 0 Å². The molecule has 1 aromatic carbocycles. The fraction of sp³-hybridized carbons (Fsp3) is 0.583. The van der Waals surface area contributed by atoms with Gasteiger partial charge in [-0.05, 0) is 69.5 Å². The molecule has 0 unspecified atom stereocenters. The van der Waals surface area contributed by atoms with Crippen molar-refractivity contribution in [1.29, 1.82) is 0 Å². The summed E-state index contributed by atoms with van der Waals surface area (Å²) >= 11 is 0. The third kappa shape index (κ3) is 4.27. The maximum atomic E-state index is 14.0. The van der Waals surface area contributed by atoms with E-state index in [4.69, 9.17) is 4.74 Å². The molecular weight excluding hydrogens is 397 g/mol. The number of hydrogen-bond acceptors (Lipinski definition) is 4. The summed E-state index contributed by atoms with van der Waals surface area (Å²) in [7, 11) is 0. The Balaban J connectivity index is 1.36. The van der Waals surface area contributed by atoms with Crippen molar-refractivity contribution < 1.29 is 18.7 Å². The summed E-state index contributed by atoms with van der Waals surface area (Å²) in [6, 6.07) is 5.25. The van der Waals surface area contributed by atoms with Gasteiger partial charge in [0.05, 0.1) is 0 Å². The van der Waals surface area contributed by atoms with Crippen molar-refractivity contribution in [2.45, 2.75) is 51.0 Å². The zero-order valence-corrected chi connectivity index (χ0v) is 18.3. The molecule has 1 spiro atoms.